The zero-order valence-electron chi connectivity index (χ0n) is 14.4. The molecule has 0 heterocycles. The molecule has 3 rings (SSSR count). The number of carbonyl (C=O) groups is 2. The van der Waals surface area contributed by atoms with Crippen molar-refractivity contribution in [2.75, 3.05) is 0 Å². The zero-order valence-corrected chi connectivity index (χ0v) is 14.4. The van der Waals surface area contributed by atoms with Crippen molar-refractivity contribution in [3.8, 4) is 0 Å². The van der Waals surface area contributed by atoms with Crippen LogP contribution < -0.4 is 0 Å². The largest absolute Gasteiger partial charge is 0.299 e. The molecule has 0 spiro atoms. The number of rotatable bonds is 1. The molecule has 0 amide bonds. The molecule has 0 aromatic heterocycles. The molecule has 0 saturated heterocycles. The Morgan fingerprint density at radius 2 is 1.82 bits per heavy atom. The lowest BCUT2D eigenvalue weighted by Gasteiger charge is -2.59. The molecule has 3 unspecified atom stereocenters. The SMILES string of the molecule is C/C=C/C12CCC(=O)C=C1C1(C)C(=O)CCC(C)(C)C1CC2. The molecular formula is C20H28O2. The molecule has 2 fully saturated rings. The molecule has 0 radical (unpaired) electrons. The minimum atomic E-state index is -0.449. The summed E-state index contributed by atoms with van der Waals surface area (Å²) in [5, 5.41) is 0. The van der Waals surface area contributed by atoms with E-state index in [0.717, 1.165) is 31.3 Å². The Labute approximate surface area is 134 Å². The highest BCUT2D eigenvalue weighted by atomic mass is 16.1. The van der Waals surface area contributed by atoms with Crippen molar-refractivity contribution >= 4 is 11.6 Å². The number of hydrogen-bond acceptors (Lipinski definition) is 2. The smallest absolute Gasteiger partial charge is 0.155 e. The summed E-state index contributed by atoms with van der Waals surface area (Å²) in [4.78, 5) is 25.1. The maximum absolute atomic E-state index is 13.0. The van der Waals surface area contributed by atoms with Crippen molar-refractivity contribution in [1.82, 2.24) is 0 Å². The normalized spacial score (nSPS) is 41.1. The minimum Gasteiger partial charge on any atom is -0.299 e. The van der Waals surface area contributed by atoms with Crippen molar-refractivity contribution in [3.63, 3.8) is 0 Å². The van der Waals surface area contributed by atoms with Crippen LogP contribution >= 0.6 is 0 Å². The predicted octanol–water partition coefficient (Wildman–Crippen LogP) is 4.64. The molecule has 0 aromatic rings. The fourth-order valence-corrected chi connectivity index (χ4v) is 5.62. The zero-order chi connectivity index (χ0) is 16.2. The van der Waals surface area contributed by atoms with E-state index in [4.69, 9.17) is 0 Å². The second kappa shape index (κ2) is 4.91. The van der Waals surface area contributed by atoms with Crippen LogP contribution in [0.1, 0.15) is 66.2 Å². The maximum atomic E-state index is 13.0. The van der Waals surface area contributed by atoms with Crippen molar-refractivity contribution in [2.45, 2.75) is 66.2 Å². The second-order valence-electron chi connectivity index (χ2n) is 8.39. The molecule has 0 bridgehead atoms. The van der Waals surface area contributed by atoms with Crippen LogP contribution in [0.25, 0.3) is 0 Å². The second-order valence-corrected chi connectivity index (χ2v) is 8.39. The Balaban J connectivity index is 2.19. The van der Waals surface area contributed by atoms with Crippen molar-refractivity contribution < 1.29 is 9.59 Å². The van der Waals surface area contributed by atoms with Crippen LogP contribution in [0.4, 0.5) is 0 Å². The van der Waals surface area contributed by atoms with Gasteiger partial charge in [-0.3, -0.25) is 9.59 Å². The van der Waals surface area contributed by atoms with Gasteiger partial charge in [0.25, 0.3) is 0 Å². The van der Waals surface area contributed by atoms with E-state index < -0.39 is 5.41 Å². The standard InChI is InChI=1S/C20H28O2/c1-5-9-20-11-6-14(21)13-16(20)19(4)15(7-12-20)18(2,3)10-8-17(19)22/h5,9,13,15H,6-8,10-12H2,1-4H3/b9-5+. The molecular weight excluding hydrogens is 272 g/mol. The van der Waals surface area contributed by atoms with Crippen LogP contribution in [0.15, 0.2) is 23.8 Å². The van der Waals surface area contributed by atoms with Gasteiger partial charge in [0.2, 0.25) is 0 Å². The molecule has 2 saturated carbocycles. The molecule has 3 atom stereocenters. The minimum absolute atomic E-state index is 0.0585. The molecule has 3 aliphatic rings. The quantitative estimate of drug-likeness (QED) is 0.661. The Hall–Kier alpha value is -1.18. The van der Waals surface area contributed by atoms with Gasteiger partial charge in [0.05, 0.1) is 5.41 Å². The summed E-state index contributed by atoms with van der Waals surface area (Å²) in [6, 6.07) is 0. The first-order valence-electron chi connectivity index (χ1n) is 8.69. The highest BCUT2D eigenvalue weighted by Gasteiger charge is 2.60. The van der Waals surface area contributed by atoms with E-state index in [1.807, 2.05) is 13.0 Å². The average Bonchev–Trinajstić information content (AvgIpc) is 2.45. The Morgan fingerprint density at radius 3 is 2.50 bits per heavy atom. The van der Waals surface area contributed by atoms with E-state index >= 15 is 0 Å². The molecule has 22 heavy (non-hydrogen) atoms. The number of hydrogen-bond donors (Lipinski definition) is 0. The summed E-state index contributed by atoms with van der Waals surface area (Å²) in [5.74, 6) is 0.913. The molecule has 2 heteroatoms. The highest BCUT2D eigenvalue weighted by Crippen LogP contribution is 2.64. The molecule has 0 aliphatic heterocycles. The van der Waals surface area contributed by atoms with E-state index in [9.17, 15) is 9.59 Å². The summed E-state index contributed by atoms with van der Waals surface area (Å²) >= 11 is 0. The lowest BCUT2D eigenvalue weighted by atomic mass is 9.43. The van der Waals surface area contributed by atoms with E-state index in [2.05, 4.69) is 32.9 Å². The monoisotopic (exact) mass is 300 g/mol. The van der Waals surface area contributed by atoms with Crippen molar-refractivity contribution in [3.05, 3.63) is 23.8 Å². The van der Waals surface area contributed by atoms with Crippen molar-refractivity contribution in [2.24, 2.45) is 22.2 Å². The highest BCUT2D eigenvalue weighted by molar-refractivity contribution is 5.96. The van der Waals surface area contributed by atoms with E-state index in [0.29, 0.717) is 24.5 Å². The van der Waals surface area contributed by atoms with Crippen LogP contribution in [0, 0.1) is 22.2 Å². The number of Topliss-reactive ketones (excluding diaryl/α,β-unsaturated/α-hetero) is 1. The first-order chi connectivity index (χ1) is 10.3. The summed E-state index contributed by atoms with van der Waals surface area (Å²) in [6.07, 6.45) is 11.5. The van der Waals surface area contributed by atoms with Gasteiger partial charge in [0.15, 0.2) is 5.78 Å². The lowest BCUT2D eigenvalue weighted by molar-refractivity contribution is -0.141. The van der Waals surface area contributed by atoms with E-state index in [1.165, 1.54) is 0 Å². The van der Waals surface area contributed by atoms with Gasteiger partial charge in [0.1, 0.15) is 5.78 Å². The van der Waals surface area contributed by atoms with E-state index in [-0.39, 0.29) is 16.6 Å². The molecule has 2 nitrogen and oxygen atoms in total. The van der Waals surface area contributed by atoms with Gasteiger partial charge in [-0.05, 0) is 62.5 Å². The summed E-state index contributed by atoms with van der Waals surface area (Å²) in [5.41, 5.74) is 0.793. The van der Waals surface area contributed by atoms with Crippen LogP contribution in [-0.2, 0) is 9.59 Å². The van der Waals surface area contributed by atoms with Gasteiger partial charge in [-0.25, -0.2) is 0 Å². The molecule has 0 aromatic carbocycles. The van der Waals surface area contributed by atoms with E-state index in [1.54, 1.807) is 0 Å². The Bertz CT molecular complexity index is 581. The van der Waals surface area contributed by atoms with Crippen molar-refractivity contribution in [1.29, 1.82) is 0 Å². The predicted molar refractivity (Wildman–Crippen MR) is 88.4 cm³/mol. The first-order valence-corrected chi connectivity index (χ1v) is 8.69. The van der Waals surface area contributed by atoms with Crippen LogP contribution in [0.2, 0.25) is 0 Å². The maximum Gasteiger partial charge on any atom is 0.155 e. The summed E-state index contributed by atoms with van der Waals surface area (Å²) in [7, 11) is 0. The summed E-state index contributed by atoms with van der Waals surface area (Å²) < 4.78 is 0. The first kappa shape index (κ1) is 15.7. The van der Waals surface area contributed by atoms with Gasteiger partial charge in [0, 0.05) is 18.3 Å². The molecule has 0 N–H and O–H groups in total. The lowest BCUT2D eigenvalue weighted by Crippen LogP contribution is -2.56. The third-order valence-electron chi connectivity index (χ3n) is 6.80. The van der Waals surface area contributed by atoms with Gasteiger partial charge in [-0.2, -0.15) is 0 Å². The fourth-order valence-electron chi connectivity index (χ4n) is 5.62. The van der Waals surface area contributed by atoms with Gasteiger partial charge in [-0.15, -0.1) is 0 Å². The Kier molecular flexibility index (Phi) is 3.50. The Morgan fingerprint density at radius 1 is 1.09 bits per heavy atom. The van der Waals surface area contributed by atoms with Crippen LogP contribution in [-0.4, -0.2) is 11.6 Å². The van der Waals surface area contributed by atoms with Gasteiger partial charge in [-0.1, -0.05) is 26.0 Å². The van der Waals surface area contributed by atoms with Gasteiger partial charge < -0.3 is 0 Å². The number of allylic oxidation sites excluding steroid dienone is 4. The molecule has 3 aliphatic carbocycles. The number of carbonyl (C=O) groups excluding carboxylic acids is 2. The fraction of sp³-hybridized carbons (Fsp3) is 0.700. The van der Waals surface area contributed by atoms with Gasteiger partial charge >= 0.3 is 0 Å². The summed E-state index contributed by atoms with van der Waals surface area (Å²) in [6.45, 7) is 8.78. The average molecular weight is 300 g/mol. The molecule has 120 valence electrons. The number of ketones is 2. The topological polar surface area (TPSA) is 34.1 Å². The third-order valence-corrected chi connectivity index (χ3v) is 6.80. The third kappa shape index (κ3) is 1.99. The number of fused-ring (bicyclic) bond motifs is 3. The van der Waals surface area contributed by atoms with Crippen LogP contribution in [0.3, 0.4) is 0 Å². The van der Waals surface area contributed by atoms with Crippen LogP contribution in [0.5, 0.6) is 0 Å².